The van der Waals surface area contributed by atoms with Crippen LogP contribution < -0.4 is 14.8 Å². The zero-order chi connectivity index (χ0) is 24.6. The zero-order valence-electron chi connectivity index (χ0n) is 18.2. The lowest BCUT2D eigenvalue weighted by Gasteiger charge is -2.10. The number of ether oxygens (including phenoxy) is 1. The van der Waals surface area contributed by atoms with E-state index in [1.807, 2.05) is 0 Å². The molecule has 1 amide bonds. The molecule has 0 saturated carbocycles. The highest BCUT2D eigenvalue weighted by atomic mass is 32.2. The van der Waals surface area contributed by atoms with E-state index in [1.165, 1.54) is 24.4 Å². The second-order valence-electron chi connectivity index (χ2n) is 7.20. The van der Waals surface area contributed by atoms with Gasteiger partial charge in [0.05, 0.1) is 12.7 Å². The van der Waals surface area contributed by atoms with Gasteiger partial charge in [0, 0.05) is 37.2 Å². The Balaban J connectivity index is 1.39. The first-order valence-electron chi connectivity index (χ1n) is 10.2. The van der Waals surface area contributed by atoms with E-state index in [9.17, 15) is 22.5 Å². The van der Waals surface area contributed by atoms with Crippen molar-refractivity contribution in [3.05, 3.63) is 53.6 Å². The van der Waals surface area contributed by atoms with Crippen molar-refractivity contribution < 1.29 is 27.3 Å². The lowest BCUT2D eigenvalue weighted by Crippen LogP contribution is -2.23. The van der Waals surface area contributed by atoms with Gasteiger partial charge in [-0.15, -0.1) is 28.1 Å². The van der Waals surface area contributed by atoms with Crippen LogP contribution >= 0.6 is 0 Å². The molecule has 34 heavy (non-hydrogen) atoms. The Hall–Kier alpha value is -3.17. The molecule has 15 heteroatoms. The second-order valence-corrected chi connectivity index (χ2v) is 8.40. The van der Waals surface area contributed by atoms with Crippen molar-refractivity contribution in [3.8, 4) is 5.75 Å². The molecule has 2 N–H and O–H groups in total. The summed E-state index contributed by atoms with van der Waals surface area (Å²) in [5, 5.41) is 18.4. The monoisotopic (exact) mass is 500 g/mol. The van der Waals surface area contributed by atoms with Gasteiger partial charge < -0.3 is 14.6 Å². The van der Waals surface area contributed by atoms with Crippen LogP contribution in [0.2, 0.25) is 0 Å². The second kappa shape index (κ2) is 11.8. The third kappa shape index (κ3) is 8.64. The Morgan fingerprint density at radius 3 is 2.53 bits per heavy atom. The van der Waals surface area contributed by atoms with Crippen molar-refractivity contribution in [2.75, 3.05) is 6.26 Å². The number of carbonyl (C=O) groups excluding carboxylic acids is 1. The molecule has 0 saturated heterocycles. The molecule has 0 spiro atoms. The maximum absolute atomic E-state index is 12.3. The minimum absolute atomic E-state index is 0.00430. The summed E-state index contributed by atoms with van der Waals surface area (Å²) >= 11 is -1.12. The highest BCUT2D eigenvalue weighted by Gasteiger charge is 2.31. The summed E-state index contributed by atoms with van der Waals surface area (Å²) < 4.78 is 57.9. The van der Waals surface area contributed by atoms with E-state index in [2.05, 4.69) is 35.4 Å². The fraction of sp³-hybridized carbons (Fsp3) is 0.421. The average molecular weight is 501 g/mol. The molecule has 1 unspecified atom stereocenters. The van der Waals surface area contributed by atoms with Crippen LogP contribution in [-0.2, 0) is 37.5 Å². The van der Waals surface area contributed by atoms with Crippen molar-refractivity contribution in [3.63, 3.8) is 0 Å². The van der Waals surface area contributed by atoms with E-state index in [4.69, 9.17) is 0 Å². The molecule has 0 aliphatic carbocycles. The highest BCUT2D eigenvalue weighted by molar-refractivity contribution is 7.88. The van der Waals surface area contributed by atoms with Crippen molar-refractivity contribution >= 4 is 17.3 Å². The fourth-order valence-electron chi connectivity index (χ4n) is 2.89. The first-order chi connectivity index (χ1) is 16.2. The Bertz CT molecular complexity index is 1070. The van der Waals surface area contributed by atoms with Gasteiger partial charge in [-0.05, 0) is 30.5 Å². The molecule has 0 aliphatic rings. The van der Waals surface area contributed by atoms with Crippen LogP contribution in [0.25, 0.3) is 0 Å². The minimum Gasteiger partial charge on any atom is -0.598 e. The Labute approximate surface area is 196 Å². The molecular weight excluding hydrogens is 477 g/mol. The SMILES string of the molecule is C[S+]([O-])NCc1cn(CCCCn2cc(C(=O)NCc3cccc(OC(F)(F)F)c3)nn2)nn1. The highest BCUT2D eigenvalue weighted by Crippen LogP contribution is 2.23. The molecule has 0 fully saturated rings. The summed E-state index contributed by atoms with van der Waals surface area (Å²) in [4.78, 5) is 12.3. The van der Waals surface area contributed by atoms with Gasteiger partial charge in [-0.3, -0.25) is 14.2 Å². The van der Waals surface area contributed by atoms with E-state index in [0.29, 0.717) is 30.9 Å². The summed E-state index contributed by atoms with van der Waals surface area (Å²) in [5.74, 6) is -0.855. The van der Waals surface area contributed by atoms with Crippen LogP contribution in [0.15, 0.2) is 36.7 Å². The van der Waals surface area contributed by atoms with Gasteiger partial charge >= 0.3 is 6.36 Å². The quantitative estimate of drug-likeness (QED) is 0.283. The number of amides is 1. The molecule has 2 aromatic heterocycles. The van der Waals surface area contributed by atoms with Crippen LogP contribution in [0.4, 0.5) is 13.2 Å². The van der Waals surface area contributed by atoms with Gasteiger partial charge in [-0.1, -0.05) is 22.6 Å². The summed E-state index contributed by atoms with van der Waals surface area (Å²) in [6.45, 7) is 1.56. The summed E-state index contributed by atoms with van der Waals surface area (Å²) in [5.41, 5.74) is 1.24. The predicted octanol–water partition coefficient (Wildman–Crippen LogP) is 1.56. The number of nitrogens with zero attached hydrogens (tertiary/aromatic N) is 6. The first-order valence-corrected chi connectivity index (χ1v) is 11.7. The van der Waals surface area contributed by atoms with Crippen LogP contribution in [0.5, 0.6) is 5.75 Å². The van der Waals surface area contributed by atoms with Crippen molar-refractivity contribution in [1.82, 2.24) is 40.0 Å². The average Bonchev–Trinajstić information content (AvgIpc) is 3.42. The Morgan fingerprint density at radius 2 is 1.82 bits per heavy atom. The number of alkyl halides is 3. The molecule has 0 aliphatic heterocycles. The predicted molar refractivity (Wildman–Crippen MR) is 114 cm³/mol. The molecule has 3 aromatic rings. The normalized spacial score (nSPS) is 12.5. The third-order valence-electron chi connectivity index (χ3n) is 4.42. The number of aryl methyl sites for hydroxylation is 2. The number of rotatable bonds is 12. The third-order valence-corrected chi connectivity index (χ3v) is 4.97. The molecule has 0 radical (unpaired) electrons. The van der Waals surface area contributed by atoms with Crippen LogP contribution in [-0.4, -0.2) is 53.1 Å². The molecule has 11 nitrogen and oxygen atoms in total. The van der Waals surface area contributed by atoms with E-state index in [-0.39, 0.29) is 18.0 Å². The van der Waals surface area contributed by atoms with Crippen molar-refractivity contribution in [2.24, 2.45) is 0 Å². The van der Waals surface area contributed by atoms with E-state index >= 15 is 0 Å². The van der Waals surface area contributed by atoms with Gasteiger partial charge in [-0.2, -0.15) is 0 Å². The van der Waals surface area contributed by atoms with Gasteiger partial charge in [-0.25, -0.2) is 0 Å². The summed E-state index contributed by atoms with van der Waals surface area (Å²) in [6, 6.07) is 5.35. The maximum Gasteiger partial charge on any atom is 0.573 e. The largest absolute Gasteiger partial charge is 0.598 e. The lowest BCUT2D eigenvalue weighted by atomic mass is 10.2. The number of unbranched alkanes of at least 4 members (excludes halogenated alkanes) is 1. The number of nitrogens with one attached hydrogen (secondary N) is 2. The van der Waals surface area contributed by atoms with E-state index < -0.39 is 23.6 Å². The standard InChI is InChI=1S/C19H23F3N8O3S/c1-34(32)24-11-15-12-29(27-25-15)7-2-3-8-30-13-17(26-28-30)18(31)23-10-14-5-4-6-16(9-14)33-19(20,21)22/h4-6,9,12-13,24H,2-3,7-8,10-11H2,1H3,(H,23,31). The topological polar surface area (TPSA) is 135 Å². The molecule has 1 aromatic carbocycles. The van der Waals surface area contributed by atoms with Crippen molar-refractivity contribution in [2.45, 2.75) is 45.4 Å². The number of halogens is 3. The van der Waals surface area contributed by atoms with Crippen molar-refractivity contribution in [1.29, 1.82) is 0 Å². The smallest absolute Gasteiger partial charge is 0.573 e. The molecular formula is C19H23F3N8O3S. The first kappa shape index (κ1) is 25.5. The van der Waals surface area contributed by atoms with E-state index in [0.717, 1.165) is 12.8 Å². The van der Waals surface area contributed by atoms with Gasteiger partial charge in [0.25, 0.3) is 5.91 Å². The molecule has 184 valence electrons. The minimum atomic E-state index is -4.78. The summed E-state index contributed by atoms with van der Waals surface area (Å²) in [7, 11) is 0. The van der Waals surface area contributed by atoms with Crippen LogP contribution in [0.3, 0.4) is 0 Å². The molecule has 1 atom stereocenters. The number of benzene rings is 1. The zero-order valence-corrected chi connectivity index (χ0v) is 19.0. The lowest BCUT2D eigenvalue weighted by molar-refractivity contribution is -0.274. The number of hydrogen-bond donors (Lipinski definition) is 2. The van der Waals surface area contributed by atoms with Gasteiger partial charge in [0.2, 0.25) is 0 Å². The molecule has 2 heterocycles. The fourth-order valence-corrected chi connectivity index (χ4v) is 3.24. The van der Waals surface area contributed by atoms with Gasteiger partial charge in [0.15, 0.2) is 5.69 Å². The van der Waals surface area contributed by atoms with Gasteiger partial charge in [0.1, 0.15) is 17.7 Å². The summed E-state index contributed by atoms with van der Waals surface area (Å²) in [6.07, 6.45) is 1.58. The molecule has 3 rings (SSSR count). The number of hydrogen-bond acceptors (Lipinski definition) is 8. The van der Waals surface area contributed by atoms with E-state index in [1.54, 1.807) is 27.9 Å². The Kier molecular flexibility index (Phi) is 8.84. The molecule has 0 bridgehead atoms. The number of carbonyl (C=O) groups is 1. The maximum atomic E-state index is 12.3. The van der Waals surface area contributed by atoms with Crippen LogP contribution in [0.1, 0.15) is 34.6 Å². The number of aromatic nitrogens is 6. The Morgan fingerprint density at radius 1 is 1.12 bits per heavy atom. The van der Waals surface area contributed by atoms with Crippen LogP contribution in [0, 0.1) is 0 Å².